The molecule has 0 bridgehead atoms. The Labute approximate surface area is 135 Å². The Morgan fingerprint density at radius 3 is 2.64 bits per heavy atom. The van der Waals surface area contributed by atoms with E-state index < -0.39 is 0 Å². The molecule has 5 nitrogen and oxygen atoms in total. The van der Waals surface area contributed by atoms with Gasteiger partial charge in [-0.25, -0.2) is 9.97 Å². The van der Waals surface area contributed by atoms with Crippen LogP contribution in [0, 0.1) is 0 Å². The van der Waals surface area contributed by atoms with E-state index in [4.69, 9.17) is 0 Å². The smallest absolute Gasteiger partial charge is 0.269 e. The van der Waals surface area contributed by atoms with Crippen LogP contribution in [0.25, 0.3) is 17.1 Å². The lowest BCUT2D eigenvalue weighted by Crippen LogP contribution is -2.19. The second kappa shape index (κ2) is 6.21. The van der Waals surface area contributed by atoms with Gasteiger partial charge in [-0.2, -0.15) is 0 Å². The fourth-order valence-electron chi connectivity index (χ4n) is 2.12. The summed E-state index contributed by atoms with van der Waals surface area (Å²) in [4.78, 5) is 20.8. The quantitative estimate of drug-likeness (QED) is 0.781. The minimum absolute atomic E-state index is 0.0781. The molecule has 2 heterocycles. The lowest BCUT2D eigenvalue weighted by atomic mass is 10.2. The van der Waals surface area contributed by atoms with E-state index in [1.165, 1.54) is 4.57 Å². The monoisotopic (exact) mass is 357 g/mol. The summed E-state index contributed by atoms with van der Waals surface area (Å²) in [5, 5.41) is 9.25. The Hall–Kier alpha value is -2.31. The molecule has 22 heavy (non-hydrogen) atoms. The zero-order valence-electron chi connectivity index (χ0n) is 11.5. The molecule has 3 aromatic rings. The Morgan fingerprint density at radius 2 is 1.91 bits per heavy atom. The maximum absolute atomic E-state index is 12.4. The lowest BCUT2D eigenvalue weighted by molar-refractivity contribution is 0.282. The number of aliphatic hydroxyl groups is 1. The predicted molar refractivity (Wildman–Crippen MR) is 86.7 cm³/mol. The largest absolute Gasteiger partial charge is 0.392 e. The van der Waals surface area contributed by atoms with Crippen LogP contribution in [0.1, 0.15) is 5.56 Å². The van der Waals surface area contributed by atoms with Crippen molar-refractivity contribution < 1.29 is 5.11 Å². The van der Waals surface area contributed by atoms with Crippen molar-refractivity contribution in [3.63, 3.8) is 0 Å². The number of hydrogen-bond acceptors (Lipinski definition) is 4. The van der Waals surface area contributed by atoms with Gasteiger partial charge in [-0.1, -0.05) is 12.1 Å². The third-order valence-corrected chi connectivity index (χ3v) is 3.74. The molecular weight excluding hydrogens is 346 g/mol. The number of aliphatic hydroxyl groups excluding tert-OH is 1. The molecule has 6 heteroatoms. The molecule has 1 N–H and O–H groups in total. The molecular formula is C16H12BrN3O2. The fraction of sp³-hybridized carbons (Fsp3) is 0.0625. The van der Waals surface area contributed by atoms with Crippen molar-refractivity contribution in [2.45, 2.75) is 6.61 Å². The highest BCUT2D eigenvalue weighted by Gasteiger charge is 2.09. The molecule has 0 spiro atoms. The summed E-state index contributed by atoms with van der Waals surface area (Å²) in [6.07, 6.45) is 5.00. The molecule has 0 radical (unpaired) electrons. The summed E-state index contributed by atoms with van der Waals surface area (Å²) in [6.45, 7) is -0.0781. The van der Waals surface area contributed by atoms with Gasteiger partial charge in [0.1, 0.15) is 0 Å². The van der Waals surface area contributed by atoms with E-state index in [0.29, 0.717) is 16.0 Å². The molecule has 0 fully saturated rings. The molecule has 0 atom stereocenters. The van der Waals surface area contributed by atoms with Crippen molar-refractivity contribution in [3.8, 4) is 17.1 Å². The first kappa shape index (κ1) is 14.6. The predicted octanol–water partition coefficient (Wildman–Crippen LogP) is 2.55. The van der Waals surface area contributed by atoms with Crippen LogP contribution in [0.15, 0.2) is 64.3 Å². The van der Waals surface area contributed by atoms with Crippen LogP contribution in [-0.4, -0.2) is 19.6 Å². The van der Waals surface area contributed by atoms with Gasteiger partial charge in [-0.05, 0) is 45.8 Å². The summed E-state index contributed by atoms with van der Waals surface area (Å²) in [5.41, 5.74) is 1.95. The third-order valence-electron chi connectivity index (χ3n) is 3.17. The van der Waals surface area contributed by atoms with Crippen molar-refractivity contribution in [2.75, 3.05) is 0 Å². The zero-order valence-corrected chi connectivity index (χ0v) is 13.1. The van der Waals surface area contributed by atoms with Crippen LogP contribution in [-0.2, 0) is 6.61 Å². The van der Waals surface area contributed by atoms with E-state index in [0.717, 1.165) is 11.1 Å². The van der Waals surface area contributed by atoms with Crippen LogP contribution in [0.5, 0.6) is 0 Å². The second-order valence-electron chi connectivity index (χ2n) is 4.65. The Balaban J connectivity index is 2.19. The zero-order chi connectivity index (χ0) is 15.5. The number of rotatable bonds is 3. The van der Waals surface area contributed by atoms with Gasteiger partial charge in [0.15, 0.2) is 5.82 Å². The molecule has 2 aromatic heterocycles. The van der Waals surface area contributed by atoms with Crippen molar-refractivity contribution in [1.82, 2.24) is 14.5 Å². The number of hydrogen-bond donors (Lipinski definition) is 1. The minimum Gasteiger partial charge on any atom is -0.392 e. The van der Waals surface area contributed by atoms with Crippen LogP contribution in [0.2, 0.25) is 0 Å². The summed E-state index contributed by atoms with van der Waals surface area (Å²) in [5.74, 6) is 0.537. The van der Waals surface area contributed by atoms with E-state index in [1.54, 1.807) is 48.9 Å². The highest BCUT2D eigenvalue weighted by atomic mass is 79.9. The average Bonchev–Trinajstić information content (AvgIpc) is 2.58. The van der Waals surface area contributed by atoms with E-state index in [-0.39, 0.29) is 12.2 Å². The Morgan fingerprint density at radius 1 is 1.14 bits per heavy atom. The maximum Gasteiger partial charge on any atom is 0.269 e. The first-order valence-corrected chi connectivity index (χ1v) is 7.38. The molecule has 0 saturated heterocycles. The Bertz CT molecular complexity index is 863. The molecule has 0 saturated carbocycles. The summed E-state index contributed by atoms with van der Waals surface area (Å²) >= 11 is 3.29. The van der Waals surface area contributed by atoms with Crippen LogP contribution in [0.3, 0.4) is 0 Å². The fourth-order valence-corrected chi connectivity index (χ4v) is 2.55. The van der Waals surface area contributed by atoms with Crippen LogP contribution >= 0.6 is 15.9 Å². The highest BCUT2D eigenvalue weighted by molar-refractivity contribution is 9.10. The van der Waals surface area contributed by atoms with Gasteiger partial charge in [-0.15, -0.1) is 0 Å². The Kier molecular flexibility index (Phi) is 4.13. The average molecular weight is 358 g/mol. The second-order valence-corrected chi connectivity index (χ2v) is 5.51. The van der Waals surface area contributed by atoms with Gasteiger partial charge >= 0.3 is 0 Å². The molecule has 1 aromatic carbocycles. The van der Waals surface area contributed by atoms with Gasteiger partial charge in [0.25, 0.3) is 5.56 Å². The molecule has 0 unspecified atom stereocenters. The first-order chi connectivity index (χ1) is 10.7. The van der Waals surface area contributed by atoms with Gasteiger partial charge in [0.2, 0.25) is 0 Å². The van der Waals surface area contributed by atoms with E-state index >= 15 is 0 Å². The third kappa shape index (κ3) is 2.84. The van der Waals surface area contributed by atoms with Gasteiger partial charge in [0.05, 0.1) is 11.1 Å². The first-order valence-electron chi connectivity index (χ1n) is 6.59. The van der Waals surface area contributed by atoms with Gasteiger partial charge in [0, 0.05) is 29.8 Å². The highest BCUT2D eigenvalue weighted by Crippen LogP contribution is 2.19. The lowest BCUT2D eigenvalue weighted by Gasteiger charge is -2.10. The standard InChI is InChI=1S/C16H12BrN3O2/c17-14-8-12(15-18-5-2-6-19-15)9-20(16(14)22)13-4-1-3-11(7-13)10-21/h1-9,21H,10H2. The van der Waals surface area contributed by atoms with Crippen molar-refractivity contribution in [3.05, 3.63) is 75.4 Å². The number of pyridine rings is 1. The summed E-state index contributed by atoms with van der Waals surface area (Å²) < 4.78 is 1.93. The number of nitrogens with zero attached hydrogens (tertiary/aromatic N) is 3. The van der Waals surface area contributed by atoms with E-state index in [1.807, 2.05) is 6.07 Å². The van der Waals surface area contributed by atoms with E-state index in [9.17, 15) is 9.90 Å². The summed E-state index contributed by atoms with van der Waals surface area (Å²) in [6, 6.07) is 10.6. The molecule has 110 valence electrons. The normalized spacial score (nSPS) is 10.6. The van der Waals surface area contributed by atoms with Crippen LogP contribution < -0.4 is 5.56 Å². The SMILES string of the molecule is O=c1c(Br)cc(-c2ncccn2)cn1-c1cccc(CO)c1. The summed E-state index contributed by atoms with van der Waals surface area (Å²) in [7, 11) is 0. The minimum atomic E-state index is -0.185. The maximum atomic E-state index is 12.4. The van der Waals surface area contributed by atoms with Crippen molar-refractivity contribution in [2.24, 2.45) is 0 Å². The topological polar surface area (TPSA) is 68.0 Å². The molecule has 0 amide bonds. The molecule has 0 aliphatic rings. The van der Waals surface area contributed by atoms with Crippen molar-refractivity contribution >= 4 is 15.9 Å². The number of aromatic nitrogens is 3. The number of benzene rings is 1. The van der Waals surface area contributed by atoms with Gasteiger partial charge in [-0.3, -0.25) is 9.36 Å². The molecule has 0 aliphatic carbocycles. The van der Waals surface area contributed by atoms with Crippen LogP contribution in [0.4, 0.5) is 0 Å². The molecule has 0 aliphatic heterocycles. The van der Waals surface area contributed by atoms with Gasteiger partial charge < -0.3 is 5.11 Å². The molecule has 3 rings (SSSR count). The number of halogens is 1. The van der Waals surface area contributed by atoms with Crippen molar-refractivity contribution in [1.29, 1.82) is 0 Å². The van der Waals surface area contributed by atoms with E-state index in [2.05, 4.69) is 25.9 Å².